The van der Waals surface area contributed by atoms with Gasteiger partial charge in [0.1, 0.15) is 4.99 Å². The first kappa shape index (κ1) is 12.9. The molecule has 96 valence electrons. The predicted octanol–water partition coefficient (Wildman–Crippen LogP) is 4.11. The van der Waals surface area contributed by atoms with Gasteiger partial charge in [-0.3, -0.25) is 0 Å². The van der Waals surface area contributed by atoms with Crippen LogP contribution in [0.2, 0.25) is 0 Å². The van der Waals surface area contributed by atoms with Crippen molar-refractivity contribution < 1.29 is 0 Å². The Labute approximate surface area is 125 Å². The van der Waals surface area contributed by atoms with Crippen molar-refractivity contribution in [3.05, 3.63) is 60.7 Å². The Hall–Kier alpha value is -1.09. The molecule has 2 nitrogen and oxygen atoms in total. The normalized spacial score (nSPS) is 19.0. The topological polar surface area (TPSA) is 6.48 Å². The molecule has 0 radical (unpaired) electrons. The summed E-state index contributed by atoms with van der Waals surface area (Å²) in [7, 11) is -0.875. The molecular formula is C14H12N2PS2-. The zero-order valence-corrected chi connectivity index (χ0v) is 12.7. The van der Waals surface area contributed by atoms with E-state index < -0.39 is 7.42 Å². The van der Waals surface area contributed by atoms with E-state index in [1.54, 1.807) is 0 Å². The first-order valence-corrected chi connectivity index (χ1v) is 8.62. The molecule has 0 bridgehead atoms. The maximum absolute atomic E-state index is 5.72. The van der Waals surface area contributed by atoms with Gasteiger partial charge in [-0.2, -0.15) is 0 Å². The van der Waals surface area contributed by atoms with Crippen LogP contribution in [-0.2, 0) is 12.2 Å². The summed E-state index contributed by atoms with van der Waals surface area (Å²) in [6.45, 7) is 0.726. The van der Waals surface area contributed by atoms with Gasteiger partial charge in [-0.25, -0.2) is 0 Å². The lowest BCUT2D eigenvalue weighted by molar-refractivity contribution is 1.28. The highest BCUT2D eigenvalue weighted by atomic mass is 32.7. The molecule has 0 aromatic heterocycles. The molecule has 1 saturated heterocycles. The molecule has 1 aliphatic rings. The van der Waals surface area contributed by atoms with Gasteiger partial charge in [0.15, 0.2) is 0 Å². The molecule has 2 aromatic carbocycles. The summed E-state index contributed by atoms with van der Waals surface area (Å²) in [5.41, 5.74) is 2.23. The maximum atomic E-state index is 5.72. The van der Waals surface area contributed by atoms with Crippen LogP contribution in [0, 0.1) is 0 Å². The molecule has 1 fully saturated rings. The van der Waals surface area contributed by atoms with Gasteiger partial charge >= 0.3 is 0 Å². The molecule has 0 aliphatic carbocycles. The number of hydrogen-bond donors (Lipinski definition) is 0. The molecule has 2 aromatic rings. The Morgan fingerprint density at radius 3 is 2.00 bits per heavy atom. The van der Waals surface area contributed by atoms with Crippen LogP contribution in [-0.4, -0.2) is 11.5 Å². The zero-order chi connectivity index (χ0) is 13.2. The molecule has 1 heterocycles. The van der Waals surface area contributed by atoms with Crippen molar-refractivity contribution in [3.8, 4) is 0 Å². The molecule has 0 N–H and O–H groups in total. The fraction of sp³-hybridized carbons (Fsp3) is 0.0714. The third-order valence-corrected chi connectivity index (χ3v) is 6.08. The van der Waals surface area contributed by atoms with E-state index in [0.29, 0.717) is 0 Å². The molecule has 0 amide bonds. The number of anilines is 2. The van der Waals surface area contributed by atoms with Crippen LogP contribution in [0.25, 0.3) is 0 Å². The minimum Gasteiger partial charge on any atom is -0.714 e. The monoisotopic (exact) mass is 303 g/mol. The van der Waals surface area contributed by atoms with Crippen LogP contribution in [0.15, 0.2) is 60.7 Å². The summed E-state index contributed by atoms with van der Waals surface area (Å²) in [6.07, 6.45) is 0. The van der Waals surface area contributed by atoms with Crippen LogP contribution in [0.5, 0.6) is 0 Å². The minimum atomic E-state index is -0.875. The average molecular weight is 303 g/mol. The van der Waals surface area contributed by atoms with Crippen LogP contribution in [0.1, 0.15) is 0 Å². The van der Waals surface area contributed by atoms with Gasteiger partial charge in [-0.15, -0.1) is 0 Å². The highest BCUT2D eigenvalue weighted by Gasteiger charge is 2.28. The predicted molar refractivity (Wildman–Crippen MR) is 89.6 cm³/mol. The van der Waals surface area contributed by atoms with Crippen LogP contribution >= 0.6 is 19.6 Å². The highest BCUT2D eigenvalue weighted by molar-refractivity contribution is 8.35. The fourth-order valence-electron chi connectivity index (χ4n) is 2.06. The zero-order valence-electron chi connectivity index (χ0n) is 10.1. The van der Waals surface area contributed by atoms with Crippen molar-refractivity contribution in [1.29, 1.82) is 0 Å². The van der Waals surface area contributed by atoms with Gasteiger partial charge in [-0.05, 0) is 24.3 Å². The van der Waals surface area contributed by atoms with Gasteiger partial charge in [0.25, 0.3) is 0 Å². The fourth-order valence-corrected chi connectivity index (χ4v) is 5.20. The standard InChI is InChI=1S/C14H12N2PS2/c18-14-11-15(12-7-3-1-4-8-12)17(19)16(14)13-9-5-2-6-10-13/h1-10H,11H2/q-1. The van der Waals surface area contributed by atoms with Crippen molar-refractivity contribution in [2.75, 3.05) is 15.9 Å². The van der Waals surface area contributed by atoms with E-state index in [-0.39, 0.29) is 0 Å². The Morgan fingerprint density at radius 1 is 0.895 bits per heavy atom. The first-order chi connectivity index (χ1) is 9.27. The Kier molecular flexibility index (Phi) is 3.74. The molecule has 1 aliphatic heterocycles. The van der Waals surface area contributed by atoms with Crippen molar-refractivity contribution in [2.45, 2.75) is 0 Å². The van der Waals surface area contributed by atoms with Crippen LogP contribution in [0.4, 0.5) is 11.4 Å². The molecule has 1 atom stereocenters. The second-order valence-corrected chi connectivity index (χ2v) is 7.03. The molecule has 5 heteroatoms. The molecule has 0 spiro atoms. The van der Waals surface area contributed by atoms with Crippen molar-refractivity contribution >= 4 is 48.3 Å². The number of rotatable bonds is 2. The summed E-state index contributed by atoms with van der Waals surface area (Å²) in [5.74, 6) is 0. The number of thiocarbonyl (C=S) groups is 1. The van der Waals surface area contributed by atoms with Crippen molar-refractivity contribution in [2.24, 2.45) is 0 Å². The summed E-state index contributed by atoms with van der Waals surface area (Å²) in [5, 5.41) is 0. The van der Waals surface area contributed by atoms with E-state index in [1.165, 1.54) is 0 Å². The summed E-state index contributed by atoms with van der Waals surface area (Å²) in [4.78, 5) is 0.899. The summed E-state index contributed by atoms with van der Waals surface area (Å²) in [6, 6.07) is 20.4. The van der Waals surface area contributed by atoms with Gasteiger partial charge in [0, 0.05) is 11.4 Å². The number of nitrogens with zero attached hydrogens (tertiary/aromatic N) is 2. The Bertz CT molecular complexity index is 577. The number of benzene rings is 2. The van der Waals surface area contributed by atoms with Crippen molar-refractivity contribution in [1.82, 2.24) is 0 Å². The molecular weight excluding hydrogens is 291 g/mol. The van der Waals surface area contributed by atoms with E-state index in [0.717, 1.165) is 22.9 Å². The van der Waals surface area contributed by atoms with E-state index in [2.05, 4.69) is 33.6 Å². The second kappa shape index (κ2) is 5.49. The van der Waals surface area contributed by atoms with E-state index in [4.69, 9.17) is 24.5 Å². The van der Waals surface area contributed by atoms with Gasteiger partial charge in [0.2, 0.25) is 0 Å². The largest absolute Gasteiger partial charge is 0.714 e. The lowest BCUT2D eigenvalue weighted by Crippen LogP contribution is -2.18. The van der Waals surface area contributed by atoms with Gasteiger partial charge < -0.3 is 21.6 Å². The smallest absolute Gasteiger partial charge is 0.106 e. The average Bonchev–Trinajstić information content (AvgIpc) is 2.76. The third-order valence-electron chi connectivity index (χ3n) is 2.95. The number of hydrogen-bond acceptors (Lipinski definition) is 3. The minimum absolute atomic E-state index is 0.726. The van der Waals surface area contributed by atoms with Crippen LogP contribution in [0.3, 0.4) is 0 Å². The third kappa shape index (κ3) is 2.48. The maximum Gasteiger partial charge on any atom is 0.106 e. The van der Waals surface area contributed by atoms with E-state index in [1.807, 2.05) is 36.4 Å². The SMILES string of the molecule is S=C1CN(c2ccccc2)P([S-])N1c1ccccc1. The van der Waals surface area contributed by atoms with E-state index in [9.17, 15) is 0 Å². The number of para-hydroxylation sites is 2. The molecule has 1 unspecified atom stereocenters. The molecule has 0 saturated carbocycles. The molecule has 19 heavy (non-hydrogen) atoms. The van der Waals surface area contributed by atoms with Crippen LogP contribution < -0.4 is 9.34 Å². The van der Waals surface area contributed by atoms with Gasteiger partial charge in [-0.1, -0.05) is 56.0 Å². The quantitative estimate of drug-likeness (QED) is 0.467. The van der Waals surface area contributed by atoms with Gasteiger partial charge in [0.05, 0.1) is 6.54 Å². The first-order valence-electron chi connectivity index (χ1n) is 5.95. The highest BCUT2D eigenvalue weighted by Crippen LogP contribution is 2.52. The Morgan fingerprint density at radius 2 is 1.42 bits per heavy atom. The lowest BCUT2D eigenvalue weighted by atomic mass is 10.3. The van der Waals surface area contributed by atoms with E-state index >= 15 is 0 Å². The molecule has 3 rings (SSSR count). The van der Waals surface area contributed by atoms with Crippen molar-refractivity contribution in [3.63, 3.8) is 0 Å². The summed E-state index contributed by atoms with van der Waals surface area (Å²) < 4.78 is 4.31. The Balaban J connectivity index is 1.92. The summed E-state index contributed by atoms with van der Waals surface area (Å²) >= 11 is 11.2. The second-order valence-electron chi connectivity index (χ2n) is 4.19. The lowest BCUT2D eigenvalue weighted by Gasteiger charge is -2.37.